The molecule has 0 heterocycles. The molecule has 0 aliphatic heterocycles. The molecule has 0 radical (unpaired) electrons. The molecule has 0 aromatic heterocycles. The molecule has 15 heteroatoms. The van der Waals surface area contributed by atoms with Crippen LogP contribution in [0.4, 0.5) is 10.5 Å². The standard InChI is InChI=1S/C30H36N5O9P/c1-18(2)27(45(41,42)44-25(28(38)39)21-9-6-10-22(16-21)33-29(31)32)35-26(37)24(15-19-11-13-23(36)14-12-19)34-30(40)43-17-20-7-4-3-5-8-20/h3-14,16,18,24-25,27,36H,15,17H2,1-2H3,(H,34,40)(H,35,37)(H,38,39)(H,41,42)(H4,31,32,33)/t24-,25-,27+/m0/s1. The van der Waals surface area contributed by atoms with Crippen LogP contribution in [0.5, 0.6) is 5.75 Å². The molecule has 0 aliphatic carbocycles. The topological polar surface area (TPSA) is 236 Å². The first-order chi connectivity index (χ1) is 21.2. The van der Waals surface area contributed by atoms with Gasteiger partial charge in [-0.05, 0) is 46.9 Å². The fourth-order valence-electron chi connectivity index (χ4n) is 4.23. The van der Waals surface area contributed by atoms with Crippen LogP contribution < -0.4 is 22.1 Å². The molecular weight excluding hydrogens is 605 g/mol. The number of ether oxygens (including phenoxy) is 1. The molecule has 0 saturated heterocycles. The molecule has 3 aromatic carbocycles. The zero-order chi connectivity index (χ0) is 33.1. The van der Waals surface area contributed by atoms with Gasteiger partial charge in [0.2, 0.25) is 5.91 Å². The van der Waals surface area contributed by atoms with E-state index in [2.05, 4.69) is 15.6 Å². The average molecular weight is 642 g/mol. The van der Waals surface area contributed by atoms with Gasteiger partial charge in [-0.25, -0.2) is 14.6 Å². The highest BCUT2D eigenvalue weighted by Gasteiger charge is 2.42. The third-order valence-corrected chi connectivity index (χ3v) is 8.32. The number of carbonyl (C=O) groups is 3. The van der Waals surface area contributed by atoms with Gasteiger partial charge in [0.05, 0.1) is 5.69 Å². The Labute approximate surface area is 259 Å². The molecule has 0 bridgehead atoms. The van der Waals surface area contributed by atoms with E-state index in [9.17, 15) is 34.1 Å². The maximum absolute atomic E-state index is 13.6. The van der Waals surface area contributed by atoms with E-state index in [-0.39, 0.29) is 36.0 Å². The normalized spacial score (nSPS) is 14.3. The maximum atomic E-state index is 13.6. The Morgan fingerprint density at radius 1 is 0.933 bits per heavy atom. The number of carboxylic acid groups (broad SMARTS) is 1. The number of benzene rings is 3. The van der Waals surface area contributed by atoms with Crippen molar-refractivity contribution in [2.45, 2.75) is 44.8 Å². The lowest BCUT2D eigenvalue weighted by molar-refractivity contribution is -0.145. The van der Waals surface area contributed by atoms with Crippen LogP contribution in [0.1, 0.15) is 36.6 Å². The number of carbonyl (C=O) groups excluding carboxylic acids is 2. The van der Waals surface area contributed by atoms with Crippen LogP contribution in [0, 0.1) is 5.92 Å². The third kappa shape index (κ3) is 10.6. The Kier molecular flexibility index (Phi) is 12.1. The largest absolute Gasteiger partial charge is 0.508 e. The van der Waals surface area contributed by atoms with E-state index in [0.29, 0.717) is 11.1 Å². The number of amides is 2. The number of nitrogens with one attached hydrogen (secondary N) is 2. The number of carboxylic acids is 1. The summed E-state index contributed by atoms with van der Waals surface area (Å²) in [6.07, 6.45) is -2.93. The number of hydrogen-bond acceptors (Lipinski definition) is 8. The fourth-order valence-corrected chi connectivity index (χ4v) is 5.92. The highest BCUT2D eigenvalue weighted by atomic mass is 31.2. The molecule has 3 rings (SSSR count). The Hall–Kier alpha value is -4.91. The first-order valence-corrected chi connectivity index (χ1v) is 15.4. The summed E-state index contributed by atoms with van der Waals surface area (Å²) in [5.74, 6) is -5.05. The SMILES string of the molecule is CC(C)[C@H](NC(=O)[C@H](Cc1ccc(O)cc1)NC(=O)OCc1ccccc1)P(=O)(O)O[C@H](C(=O)O)c1cccc(N=C(N)N)c1. The highest BCUT2D eigenvalue weighted by molar-refractivity contribution is 7.53. The van der Waals surface area contributed by atoms with Crippen LogP contribution in [0.3, 0.4) is 0 Å². The van der Waals surface area contributed by atoms with Crippen molar-refractivity contribution in [1.82, 2.24) is 10.6 Å². The quantitative estimate of drug-likeness (QED) is 0.0766. The van der Waals surface area contributed by atoms with Gasteiger partial charge in [-0.1, -0.05) is 68.4 Å². The first kappa shape index (κ1) is 34.6. The Morgan fingerprint density at radius 3 is 2.20 bits per heavy atom. The number of hydrogen-bond donors (Lipinski definition) is 7. The van der Waals surface area contributed by atoms with Crippen LogP contribution in [-0.2, 0) is 36.4 Å². The zero-order valence-electron chi connectivity index (χ0n) is 24.6. The molecule has 9 N–H and O–H groups in total. The second kappa shape index (κ2) is 15.7. The minimum atomic E-state index is -4.92. The summed E-state index contributed by atoms with van der Waals surface area (Å²) in [7, 11) is -4.92. The summed E-state index contributed by atoms with van der Waals surface area (Å²) < 4.78 is 24.1. The summed E-state index contributed by atoms with van der Waals surface area (Å²) >= 11 is 0. The van der Waals surface area contributed by atoms with Crippen molar-refractivity contribution in [3.8, 4) is 5.75 Å². The average Bonchev–Trinajstić information content (AvgIpc) is 2.98. The van der Waals surface area contributed by atoms with Crippen molar-refractivity contribution >= 4 is 37.2 Å². The fraction of sp³-hybridized carbons (Fsp3) is 0.267. The van der Waals surface area contributed by atoms with Crippen LogP contribution >= 0.6 is 7.60 Å². The number of aliphatic carboxylic acids is 1. The van der Waals surface area contributed by atoms with E-state index in [0.717, 1.165) is 0 Å². The summed E-state index contributed by atoms with van der Waals surface area (Å²) in [4.78, 5) is 53.3. The summed E-state index contributed by atoms with van der Waals surface area (Å²) in [5, 5.41) is 24.4. The van der Waals surface area contributed by atoms with Gasteiger partial charge in [0.1, 0.15) is 24.2 Å². The van der Waals surface area contributed by atoms with Crippen molar-refractivity contribution in [2.24, 2.45) is 22.4 Å². The molecule has 0 saturated carbocycles. The summed E-state index contributed by atoms with van der Waals surface area (Å²) in [5.41, 5.74) is 12.2. The van der Waals surface area contributed by atoms with Gasteiger partial charge >= 0.3 is 19.7 Å². The highest BCUT2D eigenvalue weighted by Crippen LogP contribution is 2.53. The first-order valence-electron chi connectivity index (χ1n) is 13.7. The van der Waals surface area contributed by atoms with Crippen molar-refractivity contribution in [3.63, 3.8) is 0 Å². The Morgan fingerprint density at radius 2 is 1.60 bits per heavy atom. The van der Waals surface area contributed by atoms with Gasteiger partial charge in [0.15, 0.2) is 12.1 Å². The van der Waals surface area contributed by atoms with Gasteiger partial charge < -0.3 is 41.9 Å². The van der Waals surface area contributed by atoms with Crippen molar-refractivity contribution < 1.29 is 43.3 Å². The van der Waals surface area contributed by atoms with E-state index in [4.69, 9.17) is 20.7 Å². The van der Waals surface area contributed by atoms with Gasteiger partial charge in [-0.3, -0.25) is 13.9 Å². The van der Waals surface area contributed by atoms with Gasteiger partial charge in [-0.2, -0.15) is 0 Å². The van der Waals surface area contributed by atoms with Crippen molar-refractivity contribution in [2.75, 3.05) is 0 Å². The number of alkyl carbamates (subject to hydrolysis) is 1. The number of aromatic hydroxyl groups is 1. The molecule has 240 valence electrons. The van der Waals surface area contributed by atoms with Crippen LogP contribution in [0.2, 0.25) is 0 Å². The summed E-state index contributed by atoms with van der Waals surface area (Å²) in [6, 6.07) is 19.0. The molecular formula is C30H36N5O9P. The predicted molar refractivity (Wildman–Crippen MR) is 165 cm³/mol. The smallest absolute Gasteiger partial charge is 0.408 e. The van der Waals surface area contributed by atoms with Gasteiger partial charge in [-0.15, -0.1) is 0 Å². The predicted octanol–water partition coefficient (Wildman–Crippen LogP) is 3.26. The number of nitrogens with zero attached hydrogens (tertiary/aromatic N) is 1. The number of phenolic OH excluding ortho intramolecular Hbond substituents is 1. The monoisotopic (exact) mass is 641 g/mol. The number of nitrogens with two attached hydrogens (primary N) is 2. The molecule has 3 aromatic rings. The molecule has 1 unspecified atom stereocenters. The van der Waals surface area contributed by atoms with Crippen LogP contribution in [0.25, 0.3) is 0 Å². The van der Waals surface area contributed by atoms with Crippen molar-refractivity contribution in [1.29, 1.82) is 0 Å². The van der Waals surface area contributed by atoms with E-state index in [1.807, 2.05) is 0 Å². The molecule has 14 nitrogen and oxygen atoms in total. The van der Waals surface area contributed by atoms with E-state index in [1.165, 1.54) is 50.2 Å². The number of rotatable bonds is 14. The molecule has 4 atom stereocenters. The molecule has 0 aliphatic rings. The van der Waals surface area contributed by atoms with Crippen LogP contribution in [-0.4, -0.2) is 50.9 Å². The van der Waals surface area contributed by atoms with E-state index in [1.54, 1.807) is 42.5 Å². The third-order valence-electron chi connectivity index (χ3n) is 6.38. The molecule has 0 spiro atoms. The minimum absolute atomic E-state index is 0.00922. The van der Waals surface area contributed by atoms with Crippen LogP contribution in [0.15, 0.2) is 83.9 Å². The van der Waals surface area contributed by atoms with E-state index < -0.39 is 49.4 Å². The van der Waals surface area contributed by atoms with Gasteiger partial charge in [0, 0.05) is 6.42 Å². The second-order valence-corrected chi connectivity index (χ2v) is 12.2. The lowest BCUT2D eigenvalue weighted by Crippen LogP contribution is -2.52. The zero-order valence-corrected chi connectivity index (χ0v) is 25.5. The lowest BCUT2D eigenvalue weighted by Gasteiger charge is -2.30. The molecule has 45 heavy (non-hydrogen) atoms. The Balaban J connectivity index is 1.83. The Bertz CT molecular complexity index is 1550. The lowest BCUT2D eigenvalue weighted by atomic mass is 10.0. The summed E-state index contributed by atoms with van der Waals surface area (Å²) in [6.45, 7) is 2.99. The minimum Gasteiger partial charge on any atom is -0.508 e. The van der Waals surface area contributed by atoms with Gasteiger partial charge in [0.25, 0.3) is 0 Å². The molecule has 2 amide bonds. The number of aliphatic imine (C=N–C) groups is 1. The van der Waals surface area contributed by atoms with Crippen molar-refractivity contribution in [3.05, 3.63) is 95.6 Å². The van der Waals surface area contributed by atoms with E-state index >= 15 is 0 Å². The number of guanidine groups is 1. The number of phenols is 1. The maximum Gasteiger partial charge on any atom is 0.408 e. The second-order valence-electron chi connectivity index (χ2n) is 10.3. The molecule has 0 fully saturated rings.